The molecule has 1 radical (unpaired) electrons. The van der Waals surface area contributed by atoms with E-state index in [1.165, 1.54) is 6.04 Å². The fourth-order valence-electron chi connectivity index (χ4n) is 0.167. The zero-order chi connectivity index (χ0) is 4.12. The first-order chi connectivity index (χ1) is 2.41. The van der Waals surface area contributed by atoms with Crippen molar-refractivity contribution in [1.29, 1.82) is 0 Å². The molecular formula is C2H9OSi2. The maximum Gasteiger partial charge on any atom is 0.177 e. The average molecular weight is 105 g/mol. The summed E-state index contributed by atoms with van der Waals surface area (Å²) in [5.74, 6) is 0. The van der Waals surface area contributed by atoms with E-state index in [1.807, 2.05) is 0 Å². The third kappa shape index (κ3) is 4.39. The summed E-state index contributed by atoms with van der Waals surface area (Å²) in [5.41, 5.74) is 0. The van der Waals surface area contributed by atoms with Crippen molar-refractivity contribution < 1.29 is 4.12 Å². The van der Waals surface area contributed by atoms with Crippen LogP contribution in [0.2, 0.25) is 6.04 Å². The number of rotatable bonds is 2. The molecule has 0 atom stereocenters. The number of hydrogen-bond acceptors (Lipinski definition) is 1. The topological polar surface area (TPSA) is 9.23 Å². The molecular weight excluding hydrogens is 96.2 g/mol. The van der Waals surface area contributed by atoms with Crippen LogP contribution in [0.25, 0.3) is 0 Å². The molecule has 0 fully saturated rings. The van der Waals surface area contributed by atoms with Crippen molar-refractivity contribution in [2.45, 2.75) is 13.0 Å². The first kappa shape index (κ1) is 5.39. The van der Waals surface area contributed by atoms with Crippen molar-refractivity contribution in [2.75, 3.05) is 0 Å². The first-order valence-corrected chi connectivity index (χ1v) is 3.86. The molecule has 0 unspecified atom stereocenters. The van der Waals surface area contributed by atoms with Gasteiger partial charge in [-0.25, -0.2) is 0 Å². The molecule has 0 aliphatic rings. The van der Waals surface area contributed by atoms with Crippen molar-refractivity contribution in [3.63, 3.8) is 0 Å². The highest BCUT2D eigenvalue weighted by molar-refractivity contribution is 6.33. The Bertz CT molecular complexity index is 15.1. The van der Waals surface area contributed by atoms with Crippen LogP contribution >= 0.6 is 0 Å². The Kier molecular flexibility index (Phi) is 4.74. The maximum atomic E-state index is 4.91. The summed E-state index contributed by atoms with van der Waals surface area (Å²) in [6, 6.07) is 1.24. The van der Waals surface area contributed by atoms with Gasteiger partial charge in [0.25, 0.3) is 0 Å². The van der Waals surface area contributed by atoms with Crippen LogP contribution in [0.15, 0.2) is 0 Å². The maximum absolute atomic E-state index is 4.91. The first-order valence-electron chi connectivity index (χ1n) is 1.76. The largest absolute Gasteiger partial charge is 0.466 e. The predicted molar refractivity (Wildman–Crippen MR) is 28.7 cm³/mol. The highest BCUT2D eigenvalue weighted by Crippen LogP contribution is 1.67. The number of hydrogen-bond donors (Lipinski definition) is 0. The summed E-state index contributed by atoms with van der Waals surface area (Å²) in [5, 5.41) is 0. The molecule has 0 saturated heterocycles. The SMILES string of the molecule is CC[SiH]O[SiH3]. The molecule has 0 rings (SSSR count). The molecule has 0 saturated carbocycles. The van der Waals surface area contributed by atoms with Crippen LogP contribution < -0.4 is 0 Å². The van der Waals surface area contributed by atoms with Gasteiger partial charge in [-0.2, -0.15) is 0 Å². The Morgan fingerprint density at radius 3 is 2.60 bits per heavy atom. The van der Waals surface area contributed by atoms with Crippen LogP contribution in [-0.2, 0) is 4.12 Å². The van der Waals surface area contributed by atoms with E-state index in [-0.39, 0.29) is 0 Å². The summed E-state index contributed by atoms with van der Waals surface area (Å²) >= 11 is 0. The van der Waals surface area contributed by atoms with E-state index in [0.29, 0.717) is 9.76 Å². The third-order valence-corrected chi connectivity index (χ3v) is 2.00. The lowest BCUT2D eigenvalue weighted by molar-refractivity contribution is 0.663. The van der Waals surface area contributed by atoms with E-state index in [0.717, 1.165) is 10.5 Å². The lowest BCUT2D eigenvalue weighted by Crippen LogP contribution is -1.88. The van der Waals surface area contributed by atoms with Gasteiger partial charge in [0.1, 0.15) is 10.5 Å². The van der Waals surface area contributed by atoms with E-state index < -0.39 is 0 Å². The molecule has 0 aromatic rings. The second-order valence-corrected chi connectivity index (χ2v) is 3.85. The molecule has 0 spiro atoms. The Hall–Kier alpha value is 0.394. The van der Waals surface area contributed by atoms with E-state index in [9.17, 15) is 0 Å². The minimum atomic E-state index is 0.377. The van der Waals surface area contributed by atoms with Crippen molar-refractivity contribution in [3.05, 3.63) is 0 Å². The van der Waals surface area contributed by atoms with Crippen LogP contribution in [0.5, 0.6) is 0 Å². The van der Waals surface area contributed by atoms with Crippen molar-refractivity contribution in [1.82, 2.24) is 0 Å². The highest BCUT2D eigenvalue weighted by Gasteiger charge is 1.69. The third-order valence-electron chi connectivity index (χ3n) is 0.333. The van der Waals surface area contributed by atoms with Gasteiger partial charge in [0.15, 0.2) is 9.76 Å². The Morgan fingerprint density at radius 1 is 2.00 bits per heavy atom. The molecule has 5 heavy (non-hydrogen) atoms. The molecule has 0 N–H and O–H groups in total. The Labute approximate surface area is 38.2 Å². The van der Waals surface area contributed by atoms with Gasteiger partial charge in [-0.1, -0.05) is 6.92 Å². The lowest BCUT2D eigenvalue weighted by Gasteiger charge is -1.82. The van der Waals surface area contributed by atoms with Gasteiger partial charge in [0.2, 0.25) is 0 Å². The molecule has 0 heterocycles. The normalized spacial score (nSPS) is 9.00. The summed E-state index contributed by atoms with van der Waals surface area (Å²) in [6.07, 6.45) is 0. The van der Waals surface area contributed by atoms with Crippen LogP contribution in [0.1, 0.15) is 6.92 Å². The molecule has 3 heteroatoms. The zero-order valence-corrected chi connectivity index (χ0v) is 6.85. The van der Waals surface area contributed by atoms with E-state index in [1.54, 1.807) is 0 Å². The molecule has 31 valence electrons. The van der Waals surface area contributed by atoms with Gasteiger partial charge in [-0.05, 0) is 6.04 Å². The molecule has 0 amide bonds. The molecule has 1 nitrogen and oxygen atoms in total. The van der Waals surface area contributed by atoms with Crippen LogP contribution in [0, 0.1) is 0 Å². The van der Waals surface area contributed by atoms with E-state index in [4.69, 9.17) is 4.12 Å². The average Bonchev–Trinajstić information content (AvgIpc) is 1.41. The molecule has 0 aliphatic heterocycles. The minimum Gasteiger partial charge on any atom is -0.466 e. The van der Waals surface area contributed by atoms with Crippen LogP contribution in [0.3, 0.4) is 0 Å². The van der Waals surface area contributed by atoms with Crippen molar-refractivity contribution in [3.8, 4) is 0 Å². The quantitative estimate of drug-likeness (QED) is 0.412. The lowest BCUT2D eigenvalue weighted by atomic mass is 11.0. The smallest absolute Gasteiger partial charge is 0.177 e. The summed E-state index contributed by atoms with van der Waals surface area (Å²) in [6.45, 7) is 2.15. The van der Waals surface area contributed by atoms with Gasteiger partial charge >= 0.3 is 0 Å². The van der Waals surface area contributed by atoms with Crippen molar-refractivity contribution >= 4 is 20.2 Å². The standard InChI is InChI=1S/C2H9OSi2/c1-2-5-3-4/h5H,2H2,1,4H3. The Morgan fingerprint density at radius 2 is 2.60 bits per heavy atom. The minimum absolute atomic E-state index is 0.377. The summed E-state index contributed by atoms with van der Waals surface area (Å²) < 4.78 is 4.91. The van der Waals surface area contributed by atoms with E-state index in [2.05, 4.69) is 6.92 Å². The highest BCUT2D eigenvalue weighted by atomic mass is 28.3. The molecule has 0 aromatic carbocycles. The fraction of sp³-hybridized carbons (Fsp3) is 1.00. The monoisotopic (exact) mass is 105 g/mol. The van der Waals surface area contributed by atoms with Gasteiger partial charge in [-0.3, -0.25) is 0 Å². The van der Waals surface area contributed by atoms with Crippen LogP contribution in [-0.4, -0.2) is 20.2 Å². The second kappa shape index (κ2) is 4.39. The second-order valence-electron chi connectivity index (χ2n) is 0.811. The van der Waals surface area contributed by atoms with Gasteiger partial charge in [-0.15, -0.1) is 0 Å². The molecule has 0 aliphatic carbocycles. The van der Waals surface area contributed by atoms with E-state index >= 15 is 0 Å². The van der Waals surface area contributed by atoms with Gasteiger partial charge in [0.05, 0.1) is 0 Å². The van der Waals surface area contributed by atoms with Crippen LogP contribution in [0.4, 0.5) is 0 Å². The summed E-state index contributed by atoms with van der Waals surface area (Å²) in [7, 11) is 1.31. The fourth-order valence-corrected chi connectivity index (χ4v) is 1.50. The zero-order valence-electron chi connectivity index (χ0n) is 3.69. The Balaban J connectivity index is 2.19. The predicted octanol–water partition coefficient (Wildman–Crippen LogP) is -0.927. The van der Waals surface area contributed by atoms with Gasteiger partial charge < -0.3 is 4.12 Å². The van der Waals surface area contributed by atoms with Crippen molar-refractivity contribution in [2.24, 2.45) is 0 Å². The van der Waals surface area contributed by atoms with Gasteiger partial charge in [0, 0.05) is 0 Å². The molecule has 0 aromatic heterocycles. The molecule has 0 bridgehead atoms. The summed E-state index contributed by atoms with van der Waals surface area (Å²) in [4.78, 5) is 0.